The molecule has 168 valence electrons. The van der Waals surface area contributed by atoms with Gasteiger partial charge < -0.3 is 10.2 Å². The molecule has 0 spiro atoms. The first-order chi connectivity index (χ1) is 15.4. The molecule has 2 aromatic carbocycles. The van der Waals surface area contributed by atoms with Crippen molar-refractivity contribution in [2.24, 2.45) is 0 Å². The van der Waals surface area contributed by atoms with E-state index in [1.807, 2.05) is 55.5 Å². The molecular weight excluding hydrogens is 404 g/mol. The maximum Gasteiger partial charge on any atom is 0.332 e. The third kappa shape index (κ3) is 4.61. The van der Waals surface area contributed by atoms with Crippen molar-refractivity contribution in [1.82, 2.24) is 4.90 Å². The van der Waals surface area contributed by atoms with Gasteiger partial charge in [0.15, 0.2) is 0 Å². The Labute approximate surface area is 189 Å². The second-order valence-corrected chi connectivity index (χ2v) is 8.58. The molecule has 7 nitrogen and oxygen atoms in total. The Hall–Kier alpha value is -3.35. The molecule has 0 bridgehead atoms. The lowest BCUT2D eigenvalue weighted by Gasteiger charge is -2.23. The fourth-order valence-electron chi connectivity index (χ4n) is 4.34. The highest BCUT2D eigenvalue weighted by Crippen LogP contribution is 2.26. The highest BCUT2D eigenvalue weighted by atomic mass is 16.2. The van der Waals surface area contributed by atoms with Crippen molar-refractivity contribution in [1.29, 1.82) is 0 Å². The third-order valence-corrected chi connectivity index (χ3v) is 6.18. The first kappa shape index (κ1) is 21.9. The number of benzene rings is 2. The van der Waals surface area contributed by atoms with Crippen LogP contribution in [0, 0.1) is 6.92 Å². The first-order valence-corrected chi connectivity index (χ1v) is 11.3. The molecule has 4 amide bonds. The van der Waals surface area contributed by atoms with Crippen molar-refractivity contribution in [3.63, 3.8) is 0 Å². The van der Waals surface area contributed by atoms with E-state index >= 15 is 0 Å². The van der Waals surface area contributed by atoms with E-state index in [0.29, 0.717) is 11.4 Å². The van der Waals surface area contributed by atoms with Crippen molar-refractivity contribution in [3.8, 4) is 0 Å². The van der Waals surface area contributed by atoms with Crippen LogP contribution in [0.3, 0.4) is 0 Å². The number of nitrogens with one attached hydrogen (secondary N) is 1. The zero-order valence-electron chi connectivity index (χ0n) is 18.7. The minimum atomic E-state index is -0.647. The van der Waals surface area contributed by atoms with Crippen LogP contribution in [0.15, 0.2) is 48.5 Å². The Morgan fingerprint density at radius 3 is 2.12 bits per heavy atom. The molecule has 2 heterocycles. The number of amides is 4. The van der Waals surface area contributed by atoms with Gasteiger partial charge in [0.25, 0.3) is 5.91 Å². The number of rotatable bonds is 5. The number of anilines is 3. The average Bonchev–Trinajstić information content (AvgIpc) is 2.99. The summed E-state index contributed by atoms with van der Waals surface area (Å²) in [7, 11) is 0. The standard InChI is InChI=1S/C25H30N4O3/c1-18-7-11-22(12-8-18)29-19(2)24(31)28(25(29)32)17-23(30)26-20-9-13-21(14-10-20)27-15-5-3-4-6-16-27/h7-14,19H,3-6,15-17H2,1-2H3,(H,26,30)/t19-/m0/s1. The van der Waals surface area contributed by atoms with Gasteiger partial charge in [0.2, 0.25) is 5.91 Å². The summed E-state index contributed by atoms with van der Waals surface area (Å²) in [6, 6.07) is 14.0. The summed E-state index contributed by atoms with van der Waals surface area (Å²) in [5.41, 5.74) is 3.51. The first-order valence-electron chi connectivity index (χ1n) is 11.3. The number of aryl methyl sites for hydroxylation is 1. The summed E-state index contributed by atoms with van der Waals surface area (Å²) in [6.07, 6.45) is 4.96. The smallest absolute Gasteiger partial charge is 0.332 e. The molecule has 0 radical (unpaired) electrons. The predicted molar refractivity (Wildman–Crippen MR) is 126 cm³/mol. The number of carbonyl (C=O) groups is 3. The largest absolute Gasteiger partial charge is 0.372 e. The maximum absolute atomic E-state index is 12.9. The molecule has 1 atom stereocenters. The number of nitrogens with zero attached hydrogens (tertiary/aromatic N) is 3. The van der Waals surface area contributed by atoms with Gasteiger partial charge in [-0.1, -0.05) is 30.5 Å². The predicted octanol–water partition coefficient (Wildman–Crippen LogP) is 4.17. The summed E-state index contributed by atoms with van der Waals surface area (Å²) in [6.45, 7) is 5.44. The van der Waals surface area contributed by atoms with E-state index in [9.17, 15) is 14.4 Å². The van der Waals surface area contributed by atoms with Gasteiger partial charge in [-0.05, 0) is 63.1 Å². The minimum Gasteiger partial charge on any atom is -0.372 e. The summed E-state index contributed by atoms with van der Waals surface area (Å²) in [4.78, 5) is 43.0. The Morgan fingerprint density at radius 2 is 1.50 bits per heavy atom. The fourth-order valence-corrected chi connectivity index (χ4v) is 4.34. The van der Waals surface area contributed by atoms with Crippen LogP contribution < -0.4 is 15.1 Å². The van der Waals surface area contributed by atoms with Crippen LogP contribution in [0.4, 0.5) is 21.9 Å². The molecule has 0 aromatic heterocycles. The lowest BCUT2D eigenvalue weighted by Crippen LogP contribution is -2.39. The normalized spacial score (nSPS) is 19.3. The number of carbonyl (C=O) groups excluding carboxylic acids is 3. The number of hydrogen-bond donors (Lipinski definition) is 1. The van der Waals surface area contributed by atoms with Gasteiger partial charge in [0, 0.05) is 30.2 Å². The van der Waals surface area contributed by atoms with E-state index in [2.05, 4.69) is 10.2 Å². The summed E-state index contributed by atoms with van der Waals surface area (Å²) >= 11 is 0. The monoisotopic (exact) mass is 434 g/mol. The molecular formula is C25H30N4O3. The lowest BCUT2D eigenvalue weighted by molar-refractivity contribution is -0.130. The fraction of sp³-hybridized carbons (Fsp3) is 0.400. The van der Waals surface area contributed by atoms with Crippen molar-refractivity contribution < 1.29 is 14.4 Å². The summed E-state index contributed by atoms with van der Waals surface area (Å²) in [5, 5.41) is 2.81. The van der Waals surface area contributed by atoms with Crippen molar-refractivity contribution >= 4 is 34.9 Å². The van der Waals surface area contributed by atoms with Crippen LogP contribution >= 0.6 is 0 Å². The van der Waals surface area contributed by atoms with Crippen LogP contribution in [0.5, 0.6) is 0 Å². The van der Waals surface area contributed by atoms with Crippen LogP contribution in [-0.4, -0.2) is 48.4 Å². The van der Waals surface area contributed by atoms with Gasteiger partial charge in [0.1, 0.15) is 12.6 Å². The Morgan fingerprint density at radius 1 is 0.906 bits per heavy atom. The van der Waals surface area contributed by atoms with Gasteiger partial charge in [-0.2, -0.15) is 0 Å². The second-order valence-electron chi connectivity index (χ2n) is 8.58. The molecule has 2 aliphatic heterocycles. The van der Waals surface area contributed by atoms with Gasteiger partial charge in [-0.3, -0.25) is 19.4 Å². The molecule has 32 heavy (non-hydrogen) atoms. The maximum atomic E-state index is 12.9. The SMILES string of the molecule is Cc1ccc(N2C(=O)N(CC(=O)Nc3ccc(N4CCCCCC4)cc3)C(=O)[C@@H]2C)cc1. The molecule has 0 aliphatic carbocycles. The second kappa shape index (κ2) is 9.42. The topological polar surface area (TPSA) is 73.0 Å². The zero-order valence-corrected chi connectivity index (χ0v) is 18.7. The van der Waals surface area contributed by atoms with Crippen LogP contribution in [-0.2, 0) is 9.59 Å². The highest BCUT2D eigenvalue weighted by Gasteiger charge is 2.44. The molecule has 4 rings (SSSR count). The van der Waals surface area contributed by atoms with Crippen LogP contribution in [0.1, 0.15) is 38.2 Å². The van der Waals surface area contributed by atoms with Crippen LogP contribution in [0.2, 0.25) is 0 Å². The van der Waals surface area contributed by atoms with Crippen molar-refractivity contribution in [3.05, 3.63) is 54.1 Å². The van der Waals surface area contributed by atoms with Crippen molar-refractivity contribution in [2.45, 2.75) is 45.6 Å². The van der Waals surface area contributed by atoms with E-state index in [0.717, 1.165) is 29.2 Å². The highest BCUT2D eigenvalue weighted by molar-refractivity contribution is 6.16. The average molecular weight is 435 g/mol. The van der Waals surface area contributed by atoms with E-state index in [1.165, 1.54) is 30.6 Å². The quantitative estimate of drug-likeness (QED) is 0.717. The zero-order chi connectivity index (χ0) is 22.7. The molecule has 2 aliphatic rings. The molecule has 2 fully saturated rings. The molecule has 0 saturated carbocycles. The van der Waals surface area contributed by atoms with E-state index in [1.54, 1.807) is 6.92 Å². The third-order valence-electron chi connectivity index (χ3n) is 6.18. The van der Waals surface area contributed by atoms with Gasteiger partial charge in [-0.15, -0.1) is 0 Å². The van der Waals surface area contributed by atoms with E-state index in [-0.39, 0.29) is 12.5 Å². The Kier molecular flexibility index (Phi) is 6.44. The molecule has 2 saturated heterocycles. The van der Waals surface area contributed by atoms with E-state index < -0.39 is 18.0 Å². The van der Waals surface area contributed by atoms with Gasteiger partial charge in [-0.25, -0.2) is 4.79 Å². The Balaban J connectivity index is 1.38. The molecule has 7 heteroatoms. The molecule has 1 N–H and O–H groups in total. The number of hydrogen-bond acceptors (Lipinski definition) is 4. The van der Waals surface area contributed by atoms with E-state index in [4.69, 9.17) is 0 Å². The van der Waals surface area contributed by atoms with Gasteiger partial charge >= 0.3 is 6.03 Å². The Bertz CT molecular complexity index is 979. The summed E-state index contributed by atoms with van der Waals surface area (Å²) < 4.78 is 0. The lowest BCUT2D eigenvalue weighted by atomic mass is 10.2. The van der Waals surface area contributed by atoms with Gasteiger partial charge in [0.05, 0.1) is 0 Å². The summed E-state index contributed by atoms with van der Waals surface area (Å²) in [5.74, 6) is -0.769. The number of urea groups is 1. The number of imide groups is 1. The van der Waals surface area contributed by atoms with Crippen molar-refractivity contribution in [2.75, 3.05) is 34.8 Å². The molecule has 2 aromatic rings. The molecule has 0 unspecified atom stereocenters. The van der Waals surface area contributed by atoms with Crippen LogP contribution in [0.25, 0.3) is 0 Å². The minimum absolute atomic E-state index is 0.307.